The molecule has 0 heterocycles. The van der Waals surface area contributed by atoms with Gasteiger partial charge in [0.1, 0.15) is 5.75 Å². The molecule has 1 saturated carbocycles. The first-order chi connectivity index (χ1) is 12.5. The number of halogens is 1. The van der Waals surface area contributed by atoms with Gasteiger partial charge in [-0.15, -0.1) is 0 Å². The lowest BCUT2D eigenvalue weighted by Crippen LogP contribution is -2.35. The molecule has 0 aliphatic heterocycles. The summed E-state index contributed by atoms with van der Waals surface area (Å²) in [4.78, 5) is 25.7. The molecule has 1 atom stereocenters. The second-order valence-electron chi connectivity index (χ2n) is 6.38. The van der Waals surface area contributed by atoms with Crippen molar-refractivity contribution in [1.82, 2.24) is 4.90 Å². The summed E-state index contributed by atoms with van der Waals surface area (Å²) in [6, 6.07) is 14.3. The number of ether oxygens (including phenoxy) is 1. The Morgan fingerprint density at radius 1 is 1.23 bits per heavy atom. The van der Waals surface area contributed by atoms with E-state index in [1.165, 1.54) is 0 Å². The van der Waals surface area contributed by atoms with Crippen molar-refractivity contribution in [2.45, 2.75) is 31.8 Å². The van der Waals surface area contributed by atoms with E-state index >= 15 is 0 Å². The Balaban J connectivity index is 1.82. The van der Waals surface area contributed by atoms with Gasteiger partial charge in [0.25, 0.3) is 5.91 Å². The molecular formula is C20H20ClNO4. The maximum Gasteiger partial charge on any atom is 0.341 e. The Hall–Kier alpha value is -2.53. The van der Waals surface area contributed by atoms with E-state index in [0.29, 0.717) is 16.3 Å². The van der Waals surface area contributed by atoms with Gasteiger partial charge in [-0.25, -0.2) is 4.79 Å². The SMILES string of the molecule is CC(c1ccc(Cl)cc1)N(C(=O)c1cccc(OCC(=O)O)c1)C1CC1. The smallest absolute Gasteiger partial charge is 0.341 e. The average molecular weight is 374 g/mol. The lowest BCUT2D eigenvalue weighted by Gasteiger charge is -2.30. The summed E-state index contributed by atoms with van der Waals surface area (Å²) in [6.07, 6.45) is 1.97. The van der Waals surface area contributed by atoms with Crippen LogP contribution in [0.25, 0.3) is 0 Å². The summed E-state index contributed by atoms with van der Waals surface area (Å²) in [5, 5.41) is 9.39. The van der Waals surface area contributed by atoms with Gasteiger partial charge in [0.05, 0.1) is 6.04 Å². The fraction of sp³-hybridized carbons (Fsp3) is 0.300. The standard InChI is InChI=1S/C20H20ClNO4/c1-13(14-5-7-16(21)8-6-14)22(17-9-10-17)20(25)15-3-2-4-18(11-15)26-12-19(23)24/h2-8,11,13,17H,9-10,12H2,1H3,(H,23,24). The van der Waals surface area contributed by atoms with Gasteiger partial charge in [0.15, 0.2) is 6.61 Å². The summed E-state index contributed by atoms with van der Waals surface area (Å²) < 4.78 is 5.19. The van der Waals surface area contributed by atoms with Crippen molar-refractivity contribution in [1.29, 1.82) is 0 Å². The van der Waals surface area contributed by atoms with E-state index in [9.17, 15) is 9.59 Å². The summed E-state index contributed by atoms with van der Waals surface area (Å²) in [5.41, 5.74) is 1.51. The summed E-state index contributed by atoms with van der Waals surface area (Å²) >= 11 is 5.96. The molecule has 1 unspecified atom stereocenters. The predicted molar refractivity (Wildman–Crippen MR) is 98.6 cm³/mol. The molecule has 0 aromatic heterocycles. The summed E-state index contributed by atoms with van der Waals surface area (Å²) in [5.74, 6) is -0.776. The number of carbonyl (C=O) groups is 2. The van der Waals surface area contributed by atoms with Crippen LogP contribution in [0.1, 0.15) is 41.7 Å². The van der Waals surface area contributed by atoms with Crippen LogP contribution in [0.5, 0.6) is 5.75 Å². The second-order valence-corrected chi connectivity index (χ2v) is 6.82. The fourth-order valence-electron chi connectivity index (χ4n) is 2.93. The second kappa shape index (κ2) is 7.79. The zero-order valence-corrected chi connectivity index (χ0v) is 15.1. The molecule has 26 heavy (non-hydrogen) atoms. The molecule has 3 rings (SSSR count). The number of carboxylic acids is 1. The number of aliphatic carboxylic acids is 1. The van der Waals surface area contributed by atoms with Crippen LogP contribution in [0.3, 0.4) is 0 Å². The van der Waals surface area contributed by atoms with Crippen molar-refractivity contribution in [3.05, 3.63) is 64.7 Å². The quantitative estimate of drug-likeness (QED) is 0.791. The van der Waals surface area contributed by atoms with Gasteiger partial charge < -0.3 is 14.7 Å². The number of nitrogens with zero attached hydrogens (tertiary/aromatic N) is 1. The molecule has 0 spiro atoms. The lowest BCUT2D eigenvalue weighted by molar-refractivity contribution is -0.139. The molecule has 1 fully saturated rings. The Bertz CT molecular complexity index is 802. The highest BCUT2D eigenvalue weighted by Gasteiger charge is 2.36. The number of hydrogen-bond donors (Lipinski definition) is 1. The summed E-state index contributed by atoms with van der Waals surface area (Å²) in [6.45, 7) is 1.56. The number of carbonyl (C=O) groups excluding carboxylic acids is 1. The number of hydrogen-bond acceptors (Lipinski definition) is 3. The van der Waals surface area contributed by atoms with Crippen LogP contribution in [0.2, 0.25) is 5.02 Å². The van der Waals surface area contributed by atoms with Crippen LogP contribution in [-0.4, -0.2) is 34.5 Å². The lowest BCUT2D eigenvalue weighted by atomic mass is 10.0. The fourth-order valence-corrected chi connectivity index (χ4v) is 3.05. The van der Waals surface area contributed by atoms with E-state index in [1.807, 2.05) is 36.1 Å². The number of benzene rings is 2. The first kappa shape index (κ1) is 18.3. The van der Waals surface area contributed by atoms with Crippen LogP contribution in [0, 0.1) is 0 Å². The topological polar surface area (TPSA) is 66.8 Å². The maximum atomic E-state index is 13.1. The largest absolute Gasteiger partial charge is 0.482 e. The Morgan fingerprint density at radius 2 is 1.92 bits per heavy atom. The zero-order valence-electron chi connectivity index (χ0n) is 14.4. The highest BCUT2D eigenvalue weighted by molar-refractivity contribution is 6.30. The van der Waals surface area contributed by atoms with Gasteiger partial charge in [-0.3, -0.25) is 4.79 Å². The van der Waals surface area contributed by atoms with E-state index in [1.54, 1.807) is 24.3 Å². The minimum Gasteiger partial charge on any atom is -0.482 e. The van der Waals surface area contributed by atoms with Gasteiger partial charge in [-0.05, 0) is 55.7 Å². The summed E-state index contributed by atoms with van der Waals surface area (Å²) in [7, 11) is 0. The molecule has 0 bridgehead atoms. The number of rotatable bonds is 7. The minimum absolute atomic E-state index is 0.0872. The molecule has 1 amide bonds. The molecule has 0 saturated heterocycles. The maximum absolute atomic E-state index is 13.1. The number of carboxylic acid groups (broad SMARTS) is 1. The van der Waals surface area contributed by atoms with Crippen molar-refractivity contribution < 1.29 is 19.4 Å². The van der Waals surface area contributed by atoms with Gasteiger partial charge in [-0.1, -0.05) is 29.8 Å². The first-order valence-corrected chi connectivity index (χ1v) is 8.86. The Morgan fingerprint density at radius 3 is 2.54 bits per heavy atom. The number of amides is 1. The average Bonchev–Trinajstić information content (AvgIpc) is 3.46. The van der Waals surface area contributed by atoms with E-state index < -0.39 is 12.6 Å². The van der Waals surface area contributed by atoms with Crippen LogP contribution in [-0.2, 0) is 4.79 Å². The third-order valence-electron chi connectivity index (χ3n) is 4.39. The molecule has 136 valence electrons. The first-order valence-electron chi connectivity index (χ1n) is 8.48. The molecule has 2 aromatic carbocycles. The Kier molecular flexibility index (Phi) is 5.47. The molecule has 5 nitrogen and oxygen atoms in total. The van der Waals surface area contributed by atoms with E-state index in [0.717, 1.165) is 18.4 Å². The molecule has 2 aromatic rings. The zero-order chi connectivity index (χ0) is 18.7. The van der Waals surface area contributed by atoms with Crippen LogP contribution in [0.15, 0.2) is 48.5 Å². The van der Waals surface area contributed by atoms with Crippen LogP contribution < -0.4 is 4.74 Å². The van der Waals surface area contributed by atoms with E-state index in [-0.39, 0.29) is 18.0 Å². The van der Waals surface area contributed by atoms with Crippen LogP contribution >= 0.6 is 11.6 Å². The van der Waals surface area contributed by atoms with E-state index in [2.05, 4.69) is 0 Å². The minimum atomic E-state index is -1.06. The predicted octanol–water partition coefficient (Wildman–Crippen LogP) is 4.17. The molecule has 1 aliphatic rings. The van der Waals surface area contributed by atoms with Gasteiger partial charge >= 0.3 is 5.97 Å². The van der Waals surface area contributed by atoms with Crippen molar-refractivity contribution in [2.75, 3.05) is 6.61 Å². The monoisotopic (exact) mass is 373 g/mol. The molecule has 1 N–H and O–H groups in total. The van der Waals surface area contributed by atoms with E-state index in [4.69, 9.17) is 21.4 Å². The molecule has 0 radical (unpaired) electrons. The van der Waals surface area contributed by atoms with Gasteiger partial charge in [0.2, 0.25) is 0 Å². The normalized spacial score (nSPS) is 14.5. The van der Waals surface area contributed by atoms with Crippen molar-refractivity contribution in [3.8, 4) is 5.75 Å². The highest BCUT2D eigenvalue weighted by atomic mass is 35.5. The van der Waals surface area contributed by atoms with Crippen molar-refractivity contribution >= 4 is 23.5 Å². The van der Waals surface area contributed by atoms with Crippen molar-refractivity contribution in [2.24, 2.45) is 0 Å². The van der Waals surface area contributed by atoms with Gasteiger partial charge in [0, 0.05) is 16.6 Å². The Labute approximate surface area is 157 Å². The third kappa shape index (κ3) is 4.35. The molecular weight excluding hydrogens is 354 g/mol. The molecule has 6 heteroatoms. The van der Waals surface area contributed by atoms with Crippen LogP contribution in [0.4, 0.5) is 0 Å². The molecule has 1 aliphatic carbocycles. The van der Waals surface area contributed by atoms with Crippen molar-refractivity contribution in [3.63, 3.8) is 0 Å². The highest BCUT2D eigenvalue weighted by Crippen LogP contribution is 2.36. The third-order valence-corrected chi connectivity index (χ3v) is 4.64. The van der Waals surface area contributed by atoms with Gasteiger partial charge in [-0.2, -0.15) is 0 Å².